The Balaban J connectivity index is 0.0000130. The number of hydrogen-bond donors (Lipinski definition) is 0. The van der Waals surface area contributed by atoms with Gasteiger partial charge in [-0.3, -0.25) is 0 Å². The molecule has 0 saturated carbocycles. The summed E-state index contributed by atoms with van der Waals surface area (Å²) in [6, 6.07) is 11.2. The molecule has 0 fully saturated rings. The monoisotopic (exact) mass is 876 g/mol. The molecule has 0 saturated heterocycles. The van der Waals surface area contributed by atoms with Gasteiger partial charge in [-0.15, -0.1) is 0 Å². The summed E-state index contributed by atoms with van der Waals surface area (Å²) in [5, 5.41) is 2.26. The molecule has 8 heteroatoms. The van der Waals surface area contributed by atoms with Gasteiger partial charge in [0.25, 0.3) is 0 Å². The minimum Gasteiger partial charge on any atom is -0.813 e. The van der Waals surface area contributed by atoms with Crippen molar-refractivity contribution in [3.63, 3.8) is 0 Å². The van der Waals surface area contributed by atoms with Crippen LogP contribution < -0.4 is 8.79 Å². The smallest absolute Gasteiger partial charge is 0.813 e. The van der Waals surface area contributed by atoms with E-state index in [0.717, 1.165) is 15.5 Å². The fourth-order valence-corrected chi connectivity index (χ4v) is 57.0. The maximum Gasteiger partial charge on any atom is -0.813 e. The second kappa shape index (κ2) is 17.0. The van der Waals surface area contributed by atoms with Crippen molar-refractivity contribution in [1.29, 1.82) is 0 Å². The van der Waals surface area contributed by atoms with E-state index in [0.29, 0.717) is 17.8 Å². The summed E-state index contributed by atoms with van der Waals surface area (Å²) in [4.78, 5) is 0. The Morgan fingerprint density at radius 2 is 0.588 bits per heavy atom. The number of thiol groups is 1. The van der Waals surface area contributed by atoms with Crippen LogP contribution in [0.4, 0.5) is 0 Å². The molecule has 2 aromatic carbocycles. The Kier molecular flexibility index (Phi) is 16.6. The van der Waals surface area contributed by atoms with Crippen LogP contribution in [0, 0.1) is 0 Å². The van der Waals surface area contributed by atoms with E-state index in [2.05, 4.69) is 189 Å². The van der Waals surface area contributed by atoms with Crippen molar-refractivity contribution in [1.82, 2.24) is 0 Å². The Hall–Kier alpha value is 0.634. The first kappa shape index (κ1) is 49.7. The van der Waals surface area contributed by atoms with Crippen LogP contribution in [0.15, 0.2) is 24.3 Å². The largest absolute Gasteiger partial charge is 0.813 e. The van der Waals surface area contributed by atoms with Crippen LogP contribution >= 0.6 is 0 Å². The quantitative estimate of drug-likeness (QED) is 0.104. The molecule has 0 nitrogen and oxygen atoms in total. The standard InChI is InChI=1S/C43H85GeSi6.H2S/c1-30(2)33-26-35(31(3)4)39(36(27-33)32(5)6)44(7)40-37(42(47(14,15)16)48(17,18)19)28-34(41(45(8,9)10)46(11,12)13)29-38(40)43(49(20,21)22)50(23,24)25;/h26-32,41-43H,1-25H3;1H2/p-1. The Bertz CT molecular complexity index is 1350. The van der Waals surface area contributed by atoms with Gasteiger partial charge in [-0.2, -0.15) is 0 Å². The van der Waals surface area contributed by atoms with E-state index < -0.39 is 62.8 Å². The second-order valence-corrected chi connectivity index (χ2v) is 62.0. The van der Waals surface area contributed by atoms with Crippen LogP contribution in [-0.2, 0) is 13.5 Å². The van der Waals surface area contributed by atoms with E-state index >= 15 is 0 Å². The van der Waals surface area contributed by atoms with Gasteiger partial charge in [0.1, 0.15) is 0 Å². The summed E-state index contributed by atoms with van der Waals surface area (Å²) >= 11 is -2.07. The number of benzene rings is 2. The molecular formula is C43H86GeSSi6-. The average Bonchev–Trinajstić information content (AvgIpc) is 2.82. The summed E-state index contributed by atoms with van der Waals surface area (Å²) in [5.74, 6) is 4.45. The van der Waals surface area contributed by atoms with Gasteiger partial charge in [-0.25, -0.2) is 0 Å². The molecule has 0 spiro atoms. The Morgan fingerprint density at radius 1 is 0.353 bits per heavy atom. The number of hydrogen-bond acceptors (Lipinski definition) is 1. The molecule has 0 aliphatic rings. The van der Waals surface area contributed by atoms with Gasteiger partial charge >= 0.3 is 328 Å². The Morgan fingerprint density at radius 3 is 0.804 bits per heavy atom. The van der Waals surface area contributed by atoms with Crippen LogP contribution in [0.25, 0.3) is 0 Å². The maximum absolute atomic E-state index is 2.95. The van der Waals surface area contributed by atoms with Crippen molar-refractivity contribution in [3.05, 3.63) is 57.6 Å². The van der Waals surface area contributed by atoms with E-state index in [-0.39, 0.29) is 13.5 Å². The summed E-state index contributed by atoms with van der Waals surface area (Å²) in [6.45, 7) is 63.5. The van der Waals surface area contributed by atoms with Gasteiger partial charge in [0.05, 0.1) is 0 Å². The molecule has 0 N–H and O–H groups in total. The molecule has 2 rings (SSSR count). The molecule has 0 amide bonds. The van der Waals surface area contributed by atoms with Gasteiger partial charge in [-0.05, 0) is 0 Å². The Labute approximate surface area is 338 Å². The summed E-state index contributed by atoms with van der Waals surface area (Å²) in [7, 11) is -9.43. The van der Waals surface area contributed by atoms with E-state index in [1.807, 2.05) is 19.9 Å². The zero-order valence-corrected chi connectivity index (χ0v) is 47.7. The van der Waals surface area contributed by atoms with Crippen molar-refractivity contribution >= 4 is 85.1 Å². The van der Waals surface area contributed by atoms with Crippen LogP contribution in [0.3, 0.4) is 0 Å². The van der Waals surface area contributed by atoms with Gasteiger partial charge in [0.15, 0.2) is 0 Å². The van der Waals surface area contributed by atoms with E-state index in [1.165, 1.54) is 0 Å². The van der Waals surface area contributed by atoms with E-state index in [4.69, 9.17) is 0 Å². The molecule has 0 heterocycles. The predicted molar refractivity (Wildman–Crippen MR) is 263 cm³/mol. The molecule has 0 unspecified atom stereocenters. The van der Waals surface area contributed by atoms with Gasteiger partial charge in [0.2, 0.25) is 0 Å². The van der Waals surface area contributed by atoms with Crippen LogP contribution in [0.2, 0.25) is 124 Å². The summed E-state index contributed by atoms with van der Waals surface area (Å²) in [5.41, 5.74) is 10.4. The van der Waals surface area contributed by atoms with Crippen molar-refractivity contribution < 1.29 is 0 Å². The van der Waals surface area contributed by atoms with Crippen molar-refractivity contribution in [2.24, 2.45) is 0 Å². The molecule has 0 aromatic heterocycles. The van der Waals surface area contributed by atoms with Crippen molar-refractivity contribution in [2.75, 3.05) is 0 Å². The molecular weight excluding hydrogens is 790 g/mol. The van der Waals surface area contributed by atoms with Crippen LogP contribution in [-0.4, -0.2) is 62.8 Å². The minimum absolute atomic E-state index is 0. The van der Waals surface area contributed by atoms with Crippen molar-refractivity contribution in [2.45, 2.75) is 198 Å². The van der Waals surface area contributed by atoms with Gasteiger partial charge in [-0.1, -0.05) is 0 Å². The van der Waals surface area contributed by atoms with Crippen molar-refractivity contribution in [3.8, 4) is 0 Å². The molecule has 1 radical (unpaired) electrons. The third-order valence-corrected chi connectivity index (χ3v) is 44.7. The minimum atomic E-state index is -2.07. The second-order valence-electron chi connectivity index (χ2n) is 23.7. The maximum atomic E-state index is 2.95. The van der Waals surface area contributed by atoms with Crippen LogP contribution in [0.5, 0.6) is 0 Å². The van der Waals surface area contributed by atoms with E-state index in [9.17, 15) is 0 Å². The zero-order valence-electron chi connectivity index (χ0n) is 38.7. The third-order valence-electron chi connectivity index (χ3n) is 11.3. The molecule has 293 valence electrons. The van der Waals surface area contributed by atoms with E-state index in [1.54, 1.807) is 22.3 Å². The molecule has 0 bridgehead atoms. The zero-order chi connectivity index (χ0) is 39.5. The first-order chi connectivity index (χ1) is 22.0. The topological polar surface area (TPSA) is 0 Å². The first-order valence-electron chi connectivity index (χ1n) is 20.2. The summed E-state index contributed by atoms with van der Waals surface area (Å²) in [6.07, 6.45) is 0. The van der Waals surface area contributed by atoms with Gasteiger partial charge in [0, 0.05) is 0 Å². The average molecular weight is 876 g/mol. The molecule has 2 aromatic rings. The predicted octanol–water partition coefficient (Wildman–Crippen LogP) is 13.5. The third kappa shape index (κ3) is 11.8. The summed E-state index contributed by atoms with van der Waals surface area (Å²) < 4.78 is 3.78. The fraction of sp³-hybridized carbons (Fsp3) is 0.721. The molecule has 51 heavy (non-hydrogen) atoms. The number of rotatable bonds is 14. The molecule has 0 aliphatic heterocycles. The normalized spacial score (nSPS) is 14.3. The SMILES string of the molecule is CC(C)c1cc(C(C)C)[c]([Ge]([CH3])[c]2c(C([Si](C)(C)C)[Si](C)(C)C)cc(C([Si](C)(C)C)[Si](C)(C)C)cc2C([Si](C)(C)C)[Si](C)(C)C)c(C(C)C)c1.[SH-]. The van der Waals surface area contributed by atoms with Gasteiger partial charge < -0.3 is 13.5 Å². The fourth-order valence-electron chi connectivity index (χ4n) is 11.0. The van der Waals surface area contributed by atoms with Crippen LogP contribution in [0.1, 0.15) is 108 Å². The molecule has 0 atom stereocenters. The first-order valence-corrected chi connectivity index (χ1v) is 45.9. The molecule has 0 aliphatic carbocycles.